The van der Waals surface area contributed by atoms with Crippen LogP contribution in [0, 0.1) is 0 Å². The van der Waals surface area contributed by atoms with Crippen LogP contribution in [0.1, 0.15) is 16.1 Å². The van der Waals surface area contributed by atoms with E-state index < -0.39 is 5.91 Å². The highest BCUT2D eigenvalue weighted by Gasteiger charge is 2.09. The van der Waals surface area contributed by atoms with Crippen molar-refractivity contribution in [2.75, 3.05) is 5.32 Å². The van der Waals surface area contributed by atoms with Crippen LogP contribution in [0.15, 0.2) is 36.7 Å². The lowest BCUT2D eigenvalue weighted by Crippen LogP contribution is -2.14. The monoisotopic (exact) mass is 216 g/mol. The Kier molecular flexibility index (Phi) is 2.86. The Bertz CT molecular complexity index is 478. The summed E-state index contributed by atoms with van der Waals surface area (Å²) in [6.07, 6.45) is 1.44. The molecule has 0 aliphatic heterocycles. The summed E-state index contributed by atoms with van der Waals surface area (Å²) in [7, 11) is 0. The van der Waals surface area contributed by atoms with Crippen LogP contribution in [0.5, 0.6) is 0 Å². The van der Waals surface area contributed by atoms with Gasteiger partial charge in [0.15, 0.2) is 5.82 Å². The maximum absolute atomic E-state index is 11.0. The predicted octanol–water partition coefficient (Wildman–Crippen LogP) is 1.12. The van der Waals surface area contributed by atoms with Crippen LogP contribution >= 0.6 is 0 Å². The summed E-state index contributed by atoms with van der Waals surface area (Å²) in [4.78, 5) is 17.7. The van der Waals surface area contributed by atoms with Gasteiger partial charge in [0.05, 0.1) is 6.33 Å². The Morgan fingerprint density at radius 2 is 2.12 bits per heavy atom. The van der Waals surface area contributed by atoms with Crippen molar-refractivity contribution in [2.24, 2.45) is 5.73 Å². The van der Waals surface area contributed by atoms with Crippen LogP contribution in [0.3, 0.4) is 0 Å². The fourth-order valence-electron chi connectivity index (χ4n) is 1.40. The molecule has 4 N–H and O–H groups in total. The predicted molar refractivity (Wildman–Crippen MR) is 60.9 cm³/mol. The number of benzene rings is 1. The van der Waals surface area contributed by atoms with E-state index in [0.29, 0.717) is 18.1 Å². The standard InChI is InChI=1S/C11H12N4O/c12-10(16)9-11(15-7-14-9)13-6-8-4-2-1-3-5-8/h1-5,7,13H,6H2,(H2,12,16)(H,14,15). The first-order valence-corrected chi connectivity index (χ1v) is 4.88. The number of carbonyl (C=O) groups excluding carboxylic acids is 1. The fraction of sp³-hybridized carbons (Fsp3) is 0.0909. The minimum absolute atomic E-state index is 0.302. The zero-order chi connectivity index (χ0) is 11.4. The molecule has 0 bridgehead atoms. The van der Waals surface area contributed by atoms with Crippen LogP contribution < -0.4 is 11.1 Å². The van der Waals surface area contributed by atoms with Gasteiger partial charge in [-0.25, -0.2) is 4.98 Å². The van der Waals surface area contributed by atoms with Gasteiger partial charge < -0.3 is 16.0 Å². The average molecular weight is 216 g/mol. The number of hydrogen-bond acceptors (Lipinski definition) is 3. The van der Waals surface area contributed by atoms with E-state index in [2.05, 4.69) is 15.3 Å². The zero-order valence-corrected chi connectivity index (χ0v) is 8.60. The third kappa shape index (κ3) is 2.20. The highest BCUT2D eigenvalue weighted by Crippen LogP contribution is 2.10. The first-order valence-electron chi connectivity index (χ1n) is 4.88. The molecule has 1 aromatic carbocycles. The van der Waals surface area contributed by atoms with Gasteiger partial charge in [-0.3, -0.25) is 4.79 Å². The van der Waals surface area contributed by atoms with E-state index in [0.717, 1.165) is 5.56 Å². The zero-order valence-electron chi connectivity index (χ0n) is 8.60. The topological polar surface area (TPSA) is 83.8 Å². The number of carbonyl (C=O) groups is 1. The van der Waals surface area contributed by atoms with Crippen molar-refractivity contribution >= 4 is 11.7 Å². The van der Waals surface area contributed by atoms with Gasteiger partial charge in [0.1, 0.15) is 5.69 Å². The number of H-pyrrole nitrogens is 1. The highest BCUT2D eigenvalue weighted by atomic mass is 16.1. The van der Waals surface area contributed by atoms with Gasteiger partial charge >= 0.3 is 0 Å². The number of nitrogens with two attached hydrogens (primary N) is 1. The number of hydrogen-bond donors (Lipinski definition) is 3. The van der Waals surface area contributed by atoms with Gasteiger partial charge in [-0.1, -0.05) is 30.3 Å². The molecular formula is C11H12N4O. The Balaban J connectivity index is 2.05. The number of amides is 1. The van der Waals surface area contributed by atoms with Gasteiger partial charge in [0.25, 0.3) is 5.91 Å². The molecule has 0 aliphatic rings. The second kappa shape index (κ2) is 4.48. The van der Waals surface area contributed by atoms with Crippen LogP contribution in [0.2, 0.25) is 0 Å². The summed E-state index contributed by atoms with van der Waals surface area (Å²) in [5, 5.41) is 3.05. The van der Waals surface area contributed by atoms with Crippen LogP contribution in [0.25, 0.3) is 0 Å². The maximum Gasteiger partial charge on any atom is 0.269 e. The number of anilines is 1. The lowest BCUT2D eigenvalue weighted by atomic mass is 10.2. The molecule has 0 radical (unpaired) electrons. The molecular weight excluding hydrogens is 204 g/mol. The summed E-state index contributed by atoms with van der Waals surface area (Å²) in [5.41, 5.74) is 6.59. The quantitative estimate of drug-likeness (QED) is 0.716. The molecule has 2 rings (SSSR count). The first kappa shape index (κ1) is 10.2. The number of imidazole rings is 1. The Hall–Kier alpha value is -2.30. The van der Waals surface area contributed by atoms with Crippen molar-refractivity contribution < 1.29 is 4.79 Å². The number of aromatic nitrogens is 2. The minimum atomic E-state index is -0.520. The second-order valence-corrected chi connectivity index (χ2v) is 3.33. The third-order valence-corrected chi connectivity index (χ3v) is 2.19. The first-order chi connectivity index (χ1) is 7.77. The molecule has 82 valence electrons. The molecule has 0 aliphatic carbocycles. The lowest BCUT2D eigenvalue weighted by molar-refractivity contribution is 0.0997. The van der Waals surface area contributed by atoms with Crippen LogP contribution in [-0.4, -0.2) is 15.9 Å². The molecule has 1 amide bonds. The van der Waals surface area contributed by atoms with Crippen molar-refractivity contribution in [3.8, 4) is 0 Å². The van der Waals surface area contributed by atoms with E-state index in [9.17, 15) is 4.79 Å². The largest absolute Gasteiger partial charge is 0.364 e. The number of aromatic amines is 1. The normalized spacial score (nSPS) is 10.0. The summed E-state index contributed by atoms with van der Waals surface area (Å²) in [5.74, 6) is -0.0376. The molecule has 0 unspecified atom stereocenters. The van der Waals surface area contributed by atoms with Crippen molar-refractivity contribution in [2.45, 2.75) is 6.54 Å². The van der Waals surface area contributed by atoms with Crippen LogP contribution in [-0.2, 0) is 6.54 Å². The average Bonchev–Trinajstić information content (AvgIpc) is 2.76. The summed E-state index contributed by atoms with van der Waals surface area (Å²) in [6.45, 7) is 0.603. The molecule has 1 heterocycles. The summed E-state index contributed by atoms with van der Waals surface area (Å²) in [6, 6.07) is 9.84. The number of nitrogens with one attached hydrogen (secondary N) is 2. The Labute approximate surface area is 92.7 Å². The second-order valence-electron chi connectivity index (χ2n) is 3.33. The smallest absolute Gasteiger partial charge is 0.269 e. The maximum atomic E-state index is 11.0. The molecule has 1 aromatic heterocycles. The number of rotatable bonds is 4. The van der Waals surface area contributed by atoms with Crippen LogP contribution in [0.4, 0.5) is 5.82 Å². The van der Waals surface area contributed by atoms with Crippen molar-refractivity contribution in [3.05, 3.63) is 47.9 Å². The Morgan fingerprint density at radius 1 is 1.38 bits per heavy atom. The van der Waals surface area contributed by atoms with Gasteiger partial charge in [0.2, 0.25) is 0 Å². The van der Waals surface area contributed by atoms with E-state index in [1.54, 1.807) is 0 Å². The van der Waals surface area contributed by atoms with E-state index in [-0.39, 0.29) is 0 Å². The molecule has 0 atom stereocenters. The minimum Gasteiger partial charge on any atom is -0.364 e. The van der Waals surface area contributed by atoms with Gasteiger partial charge in [0, 0.05) is 6.54 Å². The van der Waals surface area contributed by atoms with E-state index >= 15 is 0 Å². The molecule has 5 nitrogen and oxygen atoms in total. The van der Waals surface area contributed by atoms with Gasteiger partial charge in [-0.15, -0.1) is 0 Å². The van der Waals surface area contributed by atoms with Crippen molar-refractivity contribution in [1.82, 2.24) is 9.97 Å². The number of nitrogens with zero attached hydrogens (tertiary/aromatic N) is 1. The summed E-state index contributed by atoms with van der Waals surface area (Å²) >= 11 is 0. The van der Waals surface area contributed by atoms with E-state index in [4.69, 9.17) is 5.73 Å². The summed E-state index contributed by atoms with van der Waals surface area (Å²) < 4.78 is 0. The molecule has 0 saturated heterocycles. The molecule has 0 fully saturated rings. The van der Waals surface area contributed by atoms with Crippen molar-refractivity contribution in [1.29, 1.82) is 0 Å². The third-order valence-electron chi connectivity index (χ3n) is 2.19. The van der Waals surface area contributed by atoms with E-state index in [1.165, 1.54) is 6.33 Å². The lowest BCUT2D eigenvalue weighted by Gasteiger charge is -2.04. The van der Waals surface area contributed by atoms with E-state index in [1.807, 2.05) is 30.3 Å². The fourth-order valence-corrected chi connectivity index (χ4v) is 1.40. The van der Waals surface area contributed by atoms with Gasteiger partial charge in [-0.2, -0.15) is 0 Å². The molecule has 0 saturated carbocycles. The van der Waals surface area contributed by atoms with Gasteiger partial charge in [-0.05, 0) is 5.56 Å². The van der Waals surface area contributed by atoms with Crippen molar-refractivity contribution in [3.63, 3.8) is 0 Å². The molecule has 16 heavy (non-hydrogen) atoms. The number of primary amides is 1. The SMILES string of the molecule is NC(=O)c1[nH]cnc1NCc1ccccc1. The molecule has 0 spiro atoms. The highest BCUT2D eigenvalue weighted by molar-refractivity contribution is 5.95. The molecule has 5 heteroatoms. The Morgan fingerprint density at radius 3 is 2.81 bits per heavy atom. The molecule has 2 aromatic rings.